The number of anilines is 1. The lowest BCUT2D eigenvalue weighted by atomic mass is 9.99. The minimum Gasteiger partial charge on any atom is -0.383 e. The Morgan fingerprint density at radius 2 is 1.48 bits per heavy atom. The van der Waals surface area contributed by atoms with Gasteiger partial charge in [-0.25, -0.2) is 9.29 Å². The molecule has 0 unspecified atom stereocenters. The number of rotatable bonds is 9. The van der Waals surface area contributed by atoms with Gasteiger partial charge in [-0.2, -0.15) is 0 Å². The van der Waals surface area contributed by atoms with Gasteiger partial charge in [0.05, 0.1) is 24.5 Å². The summed E-state index contributed by atoms with van der Waals surface area (Å²) in [4.78, 5) is 30.0. The van der Waals surface area contributed by atoms with Crippen LogP contribution in [0.3, 0.4) is 0 Å². The van der Waals surface area contributed by atoms with E-state index >= 15 is 0 Å². The van der Waals surface area contributed by atoms with E-state index in [1.54, 1.807) is 14.2 Å². The van der Waals surface area contributed by atoms with Gasteiger partial charge in [0.1, 0.15) is 11.5 Å². The van der Waals surface area contributed by atoms with Gasteiger partial charge in [-0.15, -0.1) is 0 Å². The number of carbonyl (C=O) groups excluding carboxylic acids is 2. The molecular weight excluding hydrogens is 399 g/mol. The van der Waals surface area contributed by atoms with E-state index < -0.39 is 17.6 Å². The summed E-state index contributed by atoms with van der Waals surface area (Å²) in [6.07, 6.45) is 0. The Bertz CT molecular complexity index is 993. The second kappa shape index (κ2) is 9.85. The van der Waals surface area contributed by atoms with Crippen LogP contribution < -0.4 is 4.90 Å². The number of benzene rings is 2. The number of nitrogens with zero attached hydrogens (tertiary/aromatic N) is 2. The number of hydrogen-bond acceptors (Lipinski definition) is 5. The van der Waals surface area contributed by atoms with Crippen LogP contribution >= 0.6 is 0 Å². The minimum atomic E-state index is -0.447. The SMILES string of the molecule is COCCN(CCOC)C1=C(c2ccc(C)c(C)c2)C(=O)N(c2ccc(F)cc2)C1=O. The summed E-state index contributed by atoms with van der Waals surface area (Å²) in [5.41, 5.74) is 3.72. The van der Waals surface area contributed by atoms with Crippen molar-refractivity contribution in [2.45, 2.75) is 13.8 Å². The highest BCUT2D eigenvalue weighted by molar-refractivity contribution is 6.45. The van der Waals surface area contributed by atoms with Crippen LogP contribution in [0.25, 0.3) is 5.57 Å². The Morgan fingerprint density at radius 3 is 2.03 bits per heavy atom. The van der Waals surface area contributed by atoms with E-state index in [2.05, 4.69) is 0 Å². The molecular formula is C24H27FN2O4. The normalized spacial score (nSPS) is 14.0. The lowest BCUT2D eigenvalue weighted by Crippen LogP contribution is -2.37. The van der Waals surface area contributed by atoms with Gasteiger partial charge in [-0.05, 0) is 54.8 Å². The van der Waals surface area contributed by atoms with Crippen LogP contribution in [0.2, 0.25) is 0 Å². The maximum atomic E-state index is 13.5. The third kappa shape index (κ3) is 4.68. The standard InChI is InChI=1S/C24H27FN2O4/c1-16-5-6-18(15-17(16)2)21-22(26(11-13-30-3)12-14-31-4)24(29)27(23(21)28)20-9-7-19(25)8-10-20/h5-10,15H,11-14H2,1-4H3. The highest BCUT2D eigenvalue weighted by Crippen LogP contribution is 2.35. The Balaban J connectivity index is 2.14. The molecule has 2 aromatic carbocycles. The first-order chi connectivity index (χ1) is 14.9. The number of ether oxygens (including phenoxy) is 2. The van der Waals surface area contributed by atoms with Gasteiger partial charge in [0.25, 0.3) is 11.8 Å². The molecule has 0 N–H and O–H groups in total. The largest absolute Gasteiger partial charge is 0.383 e. The van der Waals surface area contributed by atoms with E-state index in [0.717, 1.165) is 16.0 Å². The fraction of sp³-hybridized carbons (Fsp3) is 0.333. The summed E-state index contributed by atoms with van der Waals surface area (Å²) < 4.78 is 23.9. The van der Waals surface area contributed by atoms with E-state index in [1.165, 1.54) is 24.3 Å². The van der Waals surface area contributed by atoms with Crippen LogP contribution in [0.1, 0.15) is 16.7 Å². The molecule has 1 heterocycles. The summed E-state index contributed by atoms with van der Waals surface area (Å²) in [5, 5.41) is 0. The van der Waals surface area contributed by atoms with Gasteiger partial charge in [-0.3, -0.25) is 9.59 Å². The van der Waals surface area contributed by atoms with Crippen LogP contribution in [0, 0.1) is 19.7 Å². The second-order valence-electron chi connectivity index (χ2n) is 7.42. The van der Waals surface area contributed by atoms with Gasteiger partial charge in [0, 0.05) is 27.3 Å². The third-order valence-corrected chi connectivity index (χ3v) is 5.39. The van der Waals surface area contributed by atoms with Crippen molar-refractivity contribution in [3.63, 3.8) is 0 Å². The van der Waals surface area contributed by atoms with Crippen molar-refractivity contribution in [1.82, 2.24) is 4.90 Å². The molecule has 2 aromatic rings. The molecule has 0 saturated heterocycles. The smallest absolute Gasteiger partial charge is 0.282 e. The number of carbonyl (C=O) groups is 2. The average molecular weight is 426 g/mol. The average Bonchev–Trinajstić information content (AvgIpc) is 3.01. The predicted molar refractivity (Wildman–Crippen MR) is 117 cm³/mol. The maximum Gasteiger partial charge on any atom is 0.282 e. The van der Waals surface area contributed by atoms with Crippen molar-refractivity contribution in [3.8, 4) is 0 Å². The van der Waals surface area contributed by atoms with Crippen molar-refractivity contribution in [1.29, 1.82) is 0 Å². The first-order valence-electron chi connectivity index (χ1n) is 10.1. The summed E-state index contributed by atoms with van der Waals surface area (Å²) in [6.45, 7) is 5.55. The first-order valence-corrected chi connectivity index (χ1v) is 10.1. The van der Waals surface area contributed by atoms with Gasteiger partial charge < -0.3 is 14.4 Å². The van der Waals surface area contributed by atoms with Gasteiger partial charge in [-0.1, -0.05) is 18.2 Å². The number of aryl methyl sites for hydroxylation is 2. The molecule has 31 heavy (non-hydrogen) atoms. The molecule has 0 saturated carbocycles. The fourth-order valence-corrected chi connectivity index (χ4v) is 3.53. The van der Waals surface area contributed by atoms with Crippen molar-refractivity contribution in [2.24, 2.45) is 0 Å². The monoisotopic (exact) mass is 426 g/mol. The molecule has 0 bridgehead atoms. The number of halogens is 1. The van der Waals surface area contributed by atoms with Crippen molar-refractivity contribution < 1.29 is 23.5 Å². The van der Waals surface area contributed by atoms with Crippen LogP contribution in [-0.2, 0) is 19.1 Å². The first kappa shape index (κ1) is 22.7. The maximum absolute atomic E-state index is 13.5. The molecule has 0 aromatic heterocycles. The molecule has 1 aliphatic rings. The summed E-state index contributed by atoms with van der Waals surface area (Å²) in [7, 11) is 3.17. The fourth-order valence-electron chi connectivity index (χ4n) is 3.53. The summed E-state index contributed by atoms with van der Waals surface area (Å²) >= 11 is 0. The molecule has 0 fully saturated rings. The van der Waals surface area contributed by atoms with Crippen LogP contribution in [0.15, 0.2) is 48.2 Å². The summed E-state index contributed by atoms with van der Waals surface area (Å²) in [6, 6.07) is 11.0. The molecule has 7 heteroatoms. The van der Waals surface area contributed by atoms with E-state index in [1.807, 2.05) is 36.9 Å². The Hall–Kier alpha value is -3.03. The lowest BCUT2D eigenvalue weighted by Gasteiger charge is -2.25. The Labute approximate surface area is 181 Å². The van der Waals surface area contributed by atoms with Crippen LogP contribution in [-0.4, -0.2) is 57.2 Å². The number of amides is 2. The molecule has 0 aliphatic carbocycles. The Morgan fingerprint density at radius 1 is 0.871 bits per heavy atom. The molecule has 3 rings (SSSR count). The van der Waals surface area contributed by atoms with E-state index in [-0.39, 0.29) is 0 Å². The molecule has 6 nitrogen and oxygen atoms in total. The number of imide groups is 1. The van der Waals surface area contributed by atoms with E-state index in [0.29, 0.717) is 48.8 Å². The number of methoxy groups -OCH3 is 2. The second-order valence-corrected chi connectivity index (χ2v) is 7.42. The molecule has 0 radical (unpaired) electrons. The van der Waals surface area contributed by atoms with Crippen LogP contribution in [0.4, 0.5) is 10.1 Å². The molecule has 0 atom stereocenters. The zero-order valence-corrected chi connectivity index (χ0v) is 18.3. The van der Waals surface area contributed by atoms with Gasteiger partial charge >= 0.3 is 0 Å². The molecule has 2 amide bonds. The molecule has 0 spiro atoms. The summed E-state index contributed by atoms with van der Waals surface area (Å²) in [5.74, 6) is -1.32. The third-order valence-electron chi connectivity index (χ3n) is 5.39. The van der Waals surface area contributed by atoms with Crippen LogP contribution in [0.5, 0.6) is 0 Å². The zero-order valence-electron chi connectivity index (χ0n) is 18.3. The quantitative estimate of drug-likeness (QED) is 0.576. The van der Waals surface area contributed by atoms with Crippen molar-refractivity contribution in [3.05, 3.63) is 70.7 Å². The van der Waals surface area contributed by atoms with Gasteiger partial charge in [0.2, 0.25) is 0 Å². The lowest BCUT2D eigenvalue weighted by molar-refractivity contribution is -0.120. The highest BCUT2D eigenvalue weighted by Gasteiger charge is 2.42. The highest BCUT2D eigenvalue weighted by atomic mass is 19.1. The van der Waals surface area contributed by atoms with Crippen molar-refractivity contribution in [2.75, 3.05) is 45.4 Å². The van der Waals surface area contributed by atoms with E-state index in [9.17, 15) is 14.0 Å². The minimum absolute atomic E-state index is 0.298. The molecule has 164 valence electrons. The van der Waals surface area contributed by atoms with Gasteiger partial charge in [0.15, 0.2) is 0 Å². The number of hydrogen-bond donors (Lipinski definition) is 0. The Kier molecular flexibility index (Phi) is 7.20. The predicted octanol–water partition coefficient (Wildman–Crippen LogP) is 3.32. The zero-order chi connectivity index (χ0) is 22.5. The van der Waals surface area contributed by atoms with Crippen molar-refractivity contribution >= 4 is 23.1 Å². The molecule has 1 aliphatic heterocycles. The topological polar surface area (TPSA) is 59.1 Å². The van der Waals surface area contributed by atoms with E-state index in [4.69, 9.17) is 9.47 Å².